The Bertz CT molecular complexity index is 777. The van der Waals surface area contributed by atoms with Crippen LogP contribution in [0.15, 0.2) is 40.8 Å². The topological polar surface area (TPSA) is 45.5 Å². The van der Waals surface area contributed by atoms with Crippen molar-refractivity contribution in [1.29, 1.82) is 0 Å². The molecule has 0 aliphatic carbocycles. The van der Waals surface area contributed by atoms with Crippen LogP contribution in [0.3, 0.4) is 0 Å². The van der Waals surface area contributed by atoms with E-state index in [1.54, 1.807) is 6.07 Å². The first-order valence-electron chi connectivity index (χ1n) is 9.64. The number of carbonyl (C=O) groups is 1. The maximum atomic E-state index is 12.6. The fourth-order valence-electron chi connectivity index (χ4n) is 4.12. The van der Waals surface area contributed by atoms with E-state index in [1.165, 1.54) is 31.5 Å². The Morgan fingerprint density at radius 3 is 2.35 bits per heavy atom. The summed E-state index contributed by atoms with van der Waals surface area (Å²) in [6.45, 7) is 9.92. The molecule has 1 aromatic carbocycles. The Labute approximate surface area is 155 Å². The molecule has 0 spiro atoms. The number of fused-ring (bicyclic) bond motifs is 3. The molecule has 4 heterocycles. The highest BCUT2D eigenvalue weighted by Gasteiger charge is 2.35. The zero-order valence-corrected chi connectivity index (χ0v) is 15.9. The normalized spacial score (nSPS) is 25.3. The summed E-state index contributed by atoms with van der Waals surface area (Å²) in [7, 11) is 0. The third-order valence-electron chi connectivity index (χ3n) is 5.84. The minimum Gasteiger partial charge on any atom is -0.451 e. The van der Waals surface area contributed by atoms with Crippen molar-refractivity contribution in [1.82, 2.24) is 10.2 Å². The van der Waals surface area contributed by atoms with Gasteiger partial charge in [0.15, 0.2) is 5.76 Å². The lowest BCUT2D eigenvalue weighted by atomic mass is 9.84. The van der Waals surface area contributed by atoms with Crippen molar-refractivity contribution in [2.24, 2.45) is 5.92 Å². The first-order chi connectivity index (χ1) is 12.4. The number of piperidine rings is 3. The molecule has 3 fully saturated rings. The largest absolute Gasteiger partial charge is 0.451 e. The third kappa shape index (κ3) is 3.43. The van der Waals surface area contributed by atoms with Crippen LogP contribution in [0.1, 0.15) is 49.7 Å². The number of hydrogen-bond acceptors (Lipinski definition) is 3. The summed E-state index contributed by atoms with van der Waals surface area (Å²) < 4.78 is 5.85. The molecule has 26 heavy (non-hydrogen) atoms. The maximum Gasteiger partial charge on any atom is 0.287 e. The summed E-state index contributed by atoms with van der Waals surface area (Å²) in [5.74, 6) is 1.66. The highest BCUT2D eigenvalue weighted by Crippen LogP contribution is 2.29. The van der Waals surface area contributed by atoms with E-state index in [0.29, 0.717) is 11.7 Å². The molecule has 1 aromatic heterocycles. The number of nitrogens with zero attached hydrogens (tertiary/aromatic N) is 1. The van der Waals surface area contributed by atoms with Gasteiger partial charge in [-0.1, -0.05) is 45.0 Å². The molecule has 1 amide bonds. The molecule has 3 aliphatic heterocycles. The van der Waals surface area contributed by atoms with Crippen molar-refractivity contribution in [2.75, 3.05) is 19.6 Å². The number of furan rings is 1. The van der Waals surface area contributed by atoms with Crippen LogP contribution in [0, 0.1) is 5.92 Å². The van der Waals surface area contributed by atoms with E-state index in [-0.39, 0.29) is 17.4 Å². The molecular formula is C22H28N2O2. The first-order valence-corrected chi connectivity index (χ1v) is 9.64. The van der Waals surface area contributed by atoms with Crippen molar-refractivity contribution >= 4 is 5.91 Å². The molecule has 2 aromatic rings. The summed E-state index contributed by atoms with van der Waals surface area (Å²) in [6.07, 6.45) is 2.38. The van der Waals surface area contributed by atoms with Gasteiger partial charge in [-0.25, -0.2) is 0 Å². The molecule has 3 saturated heterocycles. The minimum absolute atomic E-state index is 0.0960. The first kappa shape index (κ1) is 17.3. The van der Waals surface area contributed by atoms with Crippen LogP contribution in [0.5, 0.6) is 0 Å². The van der Waals surface area contributed by atoms with Gasteiger partial charge < -0.3 is 14.6 Å². The number of amides is 1. The predicted octanol–water partition coefficient (Wildman–Crippen LogP) is 4.07. The van der Waals surface area contributed by atoms with Gasteiger partial charge in [0.25, 0.3) is 5.91 Å². The second-order valence-electron chi connectivity index (χ2n) is 8.71. The second kappa shape index (κ2) is 6.58. The van der Waals surface area contributed by atoms with Crippen LogP contribution in [0.25, 0.3) is 11.3 Å². The molecule has 1 N–H and O–H groups in total. The third-order valence-corrected chi connectivity index (χ3v) is 5.84. The van der Waals surface area contributed by atoms with Crippen molar-refractivity contribution in [3.05, 3.63) is 47.7 Å². The van der Waals surface area contributed by atoms with Crippen LogP contribution in [-0.4, -0.2) is 36.5 Å². The Morgan fingerprint density at radius 2 is 1.77 bits per heavy atom. The van der Waals surface area contributed by atoms with Crippen LogP contribution in [0.2, 0.25) is 0 Å². The lowest BCUT2D eigenvalue weighted by molar-refractivity contribution is 0.0606. The fraction of sp³-hybridized carbons (Fsp3) is 0.500. The average Bonchev–Trinajstić information content (AvgIpc) is 3.12. The lowest BCUT2D eigenvalue weighted by Gasteiger charge is -2.44. The Balaban J connectivity index is 1.45. The molecule has 1 unspecified atom stereocenters. The molecule has 5 rings (SSSR count). The van der Waals surface area contributed by atoms with Gasteiger partial charge in [0.05, 0.1) is 0 Å². The van der Waals surface area contributed by atoms with Gasteiger partial charge in [-0.2, -0.15) is 0 Å². The van der Waals surface area contributed by atoms with Gasteiger partial charge in [-0.3, -0.25) is 4.79 Å². The van der Waals surface area contributed by atoms with Gasteiger partial charge >= 0.3 is 0 Å². The van der Waals surface area contributed by atoms with E-state index in [0.717, 1.165) is 17.9 Å². The summed E-state index contributed by atoms with van der Waals surface area (Å²) in [5.41, 5.74) is 2.41. The van der Waals surface area contributed by atoms with Gasteiger partial charge in [0.2, 0.25) is 0 Å². The monoisotopic (exact) mass is 352 g/mol. The maximum absolute atomic E-state index is 12.6. The van der Waals surface area contributed by atoms with E-state index in [4.69, 9.17) is 4.42 Å². The van der Waals surface area contributed by atoms with Gasteiger partial charge in [-0.15, -0.1) is 0 Å². The molecule has 2 bridgehead atoms. The highest BCUT2D eigenvalue weighted by atomic mass is 16.3. The minimum atomic E-state index is -0.0960. The summed E-state index contributed by atoms with van der Waals surface area (Å²) in [6, 6.07) is 12.3. The molecular weight excluding hydrogens is 324 g/mol. The van der Waals surface area contributed by atoms with Crippen LogP contribution >= 0.6 is 0 Å². The van der Waals surface area contributed by atoms with Crippen molar-refractivity contribution in [2.45, 2.75) is 45.1 Å². The van der Waals surface area contributed by atoms with Crippen molar-refractivity contribution < 1.29 is 9.21 Å². The van der Waals surface area contributed by atoms with Crippen molar-refractivity contribution in [3.8, 4) is 11.3 Å². The number of carbonyl (C=O) groups excluding carboxylic acids is 1. The number of rotatable bonds is 3. The van der Waals surface area contributed by atoms with Crippen LogP contribution < -0.4 is 5.32 Å². The molecule has 138 valence electrons. The summed E-state index contributed by atoms with van der Waals surface area (Å²) in [4.78, 5) is 15.0. The summed E-state index contributed by atoms with van der Waals surface area (Å²) >= 11 is 0. The molecule has 1 atom stereocenters. The zero-order valence-electron chi connectivity index (χ0n) is 15.9. The molecule has 0 radical (unpaired) electrons. The zero-order chi connectivity index (χ0) is 18.3. The quantitative estimate of drug-likeness (QED) is 0.906. The van der Waals surface area contributed by atoms with Gasteiger partial charge in [-0.05, 0) is 55.0 Å². The SMILES string of the molecule is CC(C)(C)c1ccc(-c2ccc(C(=O)NC3CN4CCC3CC4)o2)cc1. The van der Waals surface area contributed by atoms with Gasteiger partial charge in [0, 0.05) is 18.2 Å². The Morgan fingerprint density at radius 1 is 1.08 bits per heavy atom. The highest BCUT2D eigenvalue weighted by molar-refractivity contribution is 5.92. The van der Waals surface area contributed by atoms with E-state index in [9.17, 15) is 4.79 Å². The predicted molar refractivity (Wildman–Crippen MR) is 103 cm³/mol. The smallest absolute Gasteiger partial charge is 0.287 e. The van der Waals surface area contributed by atoms with E-state index in [1.807, 2.05) is 6.07 Å². The lowest BCUT2D eigenvalue weighted by Crippen LogP contribution is -2.57. The van der Waals surface area contributed by atoms with E-state index >= 15 is 0 Å². The summed E-state index contributed by atoms with van der Waals surface area (Å²) in [5, 5.41) is 3.19. The second-order valence-corrected chi connectivity index (χ2v) is 8.71. The number of nitrogens with one attached hydrogen (secondary N) is 1. The van der Waals surface area contributed by atoms with Crippen LogP contribution in [0.4, 0.5) is 0 Å². The van der Waals surface area contributed by atoms with Crippen molar-refractivity contribution in [3.63, 3.8) is 0 Å². The Hall–Kier alpha value is -2.07. The molecule has 0 saturated carbocycles. The van der Waals surface area contributed by atoms with Crippen LogP contribution in [-0.2, 0) is 5.41 Å². The van der Waals surface area contributed by atoms with E-state index < -0.39 is 0 Å². The van der Waals surface area contributed by atoms with Gasteiger partial charge in [0.1, 0.15) is 5.76 Å². The Kier molecular flexibility index (Phi) is 4.39. The number of benzene rings is 1. The molecule has 4 nitrogen and oxygen atoms in total. The standard InChI is InChI=1S/C22H28N2O2/c1-22(2,3)17-6-4-16(5-7-17)19-8-9-20(26-19)21(25)23-18-14-24-12-10-15(18)11-13-24/h4-9,15,18H,10-14H2,1-3H3,(H,23,25). The average molecular weight is 352 g/mol. The molecule has 4 heteroatoms. The fourth-order valence-corrected chi connectivity index (χ4v) is 4.12. The number of hydrogen-bond donors (Lipinski definition) is 1. The molecule has 3 aliphatic rings. The van der Waals surface area contributed by atoms with E-state index in [2.05, 4.69) is 55.3 Å².